The molecule has 21 heavy (non-hydrogen) atoms. The van der Waals surface area contributed by atoms with E-state index in [4.69, 9.17) is 5.73 Å². The Bertz CT molecular complexity index is 821. The molecule has 0 unspecified atom stereocenters. The average Bonchev–Trinajstić information content (AvgIpc) is 2.94. The summed E-state index contributed by atoms with van der Waals surface area (Å²) in [6.45, 7) is 0. The molecule has 0 spiro atoms. The number of hydrogen-bond donors (Lipinski definition) is 1. The van der Waals surface area contributed by atoms with Crippen molar-refractivity contribution in [1.29, 1.82) is 0 Å². The van der Waals surface area contributed by atoms with Gasteiger partial charge >= 0.3 is 5.69 Å². The van der Waals surface area contributed by atoms with E-state index in [2.05, 4.69) is 15.3 Å². The Hall–Kier alpha value is -2.96. The molecule has 2 N–H and O–H groups in total. The van der Waals surface area contributed by atoms with Crippen LogP contribution in [0.3, 0.4) is 0 Å². The first-order valence-electron chi connectivity index (χ1n) is 6.42. The van der Waals surface area contributed by atoms with Gasteiger partial charge in [-0.15, -0.1) is 5.10 Å². The minimum absolute atomic E-state index is 0.229. The van der Waals surface area contributed by atoms with Gasteiger partial charge in [0.15, 0.2) is 0 Å². The molecule has 1 aromatic carbocycles. The van der Waals surface area contributed by atoms with Gasteiger partial charge in [0.2, 0.25) is 0 Å². The lowest BCUT2D eigenvalue weighted by Crippen LogP contribution is -2.22. The van der Waals surface area contributed by atoms with Crippen LogP contribution >= 0.6 is 0 Å². The van der Waals surface area contributed by atoms with Gasteiger partial charge in [-0.1, -0.05) is 23.4 Å². The van der Waals surface area contributed by atoms with Crippen LogP contribution < -0.4 is 11.4 Å². The number of aryl methyl sites for hydroxylation is 1. The van der Waals surface area contributed by atoms with Gasteiger partial charge < -0.3 is 10.3 Å². The Balaban J connectivity index is 1.88. The highest BCUT2D eigenvalue weighted by Crippen LogP contribution is 2.12. The summed E-state index contributed by atoms with van der Waals surface area (Å²) in [5.74, 6) is 0.229. The lowest BCUT2D eigenvalue weighted by atomic mass is 10.2. The van der Waals surface area contributed by atoms with Crippen molar-refractivity contribution in [3.8, 4) is 5.69 Å². The lowest BCUT2D eigenvalue weighted by molar-refractivity contribution is 0.789. The fourth-order valence-electron chi connectivity index (χ4n) is 2.03. The van der Waals surface area contributed by atoms with E-state index in [-0.39, 0.29) is 11.5 Å². The Morgan fingerprint density at radius 2 is 1.95 bits per heavy atom. The van der Waals surface area contributed by atoms with E-state index in [9.17, 15) is 4.79 Å². The van der Waals surface area contributed by atoms with Crippen LogP contribution in [-0.2, 0) is 13.5 Å². The second-order valence-corrected chi connectivity index (χ2v) is 4.71. The van der Waals surface area contributed by atoms with E-state index in [1.54, 1.807) is 17.9 Å². The summed E-state index contributed by atoms with van der Waals surface area (Å²) in [4.78, 5) is 15.1. The third-order valence-corrected chi connectivity index (χ3v) is 3.13. The molecule has 7 nitrogen and oxygen atoms in total. The number of hydrogen-bond acceptors (Lipinski definition) is 5. The van der Waals surface area contributed by atoms with Gasteiger partial charge in [0.05, 0.1) is 17.6 Å². The normalized spacial score (nSPS) is 10.7. The number of benzene rings is 1. The monoisotopic (exact) mass is 282 g/mol. The van der Waals surface area contributed by atoms with Crippen molar-refractivity contribution in [3.63, 3.8) is 0 Å². The largest absolute Gasteiger partial charge is 0.383 e. The molecule has 2 aromatic heterocycles. The molecule has 3 aromatic rings. The number of nitrogen functional groups attached to an aromatic ring is 1. The van der Waals surface area contributed by atoms with Gasteiger partial charge in [-0.05, 0) is 12.1 Å². The van der Waals surface area contributed by atoms with Gasteiger partial charge in [-0.25, -0.2) is 9.48 Å². The molecule has 0 bridgehead atoms. The van der Waals surface area contributed by atoms with Gasteiger partial charge in [0, 0.05) is 25.2 Å². The fourth-order valence-corrected chi connectivity index (χ4v) is 2.03. The summed E-state index contributed by atoms with van der Waals surface area (Å²) in [5.41, 5.74) is 7.84. The Kier molecular flexibility index (Phi) is 3.23. The molecule has 0 aliphatic heterocycles. The number of para-hydroxylation sites is 1. The summed E-state index contributed by atoms with van der Waals surface area (Å²) < 4.78 is 3.09. The molecule has 7 heteroatoms. The highest BCUT2D eigenvalue weighted by molar-refractivity contribution is 5.39. The van der Waals surface area contributed by atoms with Gasteiger partial charge in [-0.2, -0.15) is 4.98 Å². The van der Waals surface area contributed by atoms with Crippen molar-refractivity contribution < 1.29 is 0 Å². The molecule has 0 aliphatic carbocycles. The van der Waals surface area contributed by atoms with Crippen LogP contribution in [0.15, 0.2) is 47.5 Å². The minimum atomic E-state index is -0.371. The first-order valence-corrected chi connectivity index (χ1v) is 6.42. The van der Waals surface area contributed by atoms with E-state index in [0.717, 1.165) is 16.9 Å². The number of rotatable bonds is 3. The molecule has 0 saturated heterocycles. The third-order valence-electron chi connectivity index (χ3n) is 3.13. The topological polar surface area (TPSA) is 91.6 Å². The van der Waals surface area contributed by atoms with Crippen molar-refractivity contribution in [3.05, 3.63) is 64.5 Å². The van der Waals surface area contributed by atoms with E-state index in [1.807, 2.05) is 36.5 Å². The maximum absolute atomic E-state index is 11.4. The van der Waals surface area contributed by atoms with Crippen molar-refractivity contribution in [2.24, 2.45) is 7.05 Å². The first-order chi connectivity index (χ1) is 10.1. The molecule has 106 valence electrons. The molecule has 0 atom stereocenters. The summed E-state index contributed by atoms with van der Waals surface area (Å²) in [5, 5.41) is 8.21. The SMILES string of the molecule is Cn1cc(Cc2cn(-c3ccccc3)nn2)c(N)nc1=O. The van der Waals surface area contributed by atoms with Crippen LogP contribution in [0.1, 0.15) is 11.3 Å². The van der Waals surface area contributed by atoms with Crippen molar-refractivity contribution in [1.82, 2.24) is 24.5 Å². The number of aromatic nitrogens is 5. The molecule has 0 saturated carbocycles. The maximum Gasteiger partial charge on any atom is 0.349 e. The Morgan fingerprint density at radius 3 is 2.71 bits per heavy atom. The molecule has 0 radical (unpaired) electrons. The third kappa shape index (κ3) is 2.66. The first kappa shape index (κ1) is 13.0. The Morgan fingerprint density at radius 1 is 1.19 bits per heavy atom. The van der Waals surface area contributed by atoms with E-state index in [1.165, 1.54) is 4.57 Å². The lowest BCUT2D eigenvalue weighted by Gasteiger charge is -2.04. The molecular weight excluding hydrogens is 268 g/mol. The number of nitrogens with zero attached hydrogens (tertiary/aromatic N) is 5. The molecule has 3 rings (SSSR count). The van der Waals surface area contributed by atoms with Crippen LogP contribution in [0, 0.1) is 0 Å². The van der Waals surface area contributed by atoms with Gasteiger partial charge in [0.25, 0.3) is 0 Å². The average molecular weight is 282 g/mol. The van der Waals surface area contributed by atoms with Crippen LogP contribution in [0.2, 0.25) is 0 Å². The van der Waals surface area contributed by atoms with E-state index in [0.29, 0.717) is 6.42 Å². The summed E-state index contributed by atoms with van der Waals surface area (Å²) in [6.07, 6.45) is 3.98. The summed E-state index contributed by atoms with van der Waals surface area (Å²) in [6, 6.07) is 9.70. The second-order valence-electron chi connectivity index (χ2n) is 4.71. The van der Waals surface area contributed by atoms with Crippen molar-refractivity contribution >= 4 is 5.82 Å². The highest BCUT2D eigenvalue weighted by atomic mass is 16.1. The zero-order valence-electron chi connectivity index (χ0n) is 11.5. The zero-order valence-corrected chi connectivity index (χ0v) is 11.5. The standard InChI is InChI=1S/C14H14N6O/c1-19-8-10(13(15)16-14(19)21)7-11-9-20(18-17-11)12-5-3-2-4-6-12/h2-6,8-9H,7H2,1H3,(H2,15,16,21). The van der Waals surface area contributed by atoms with Crippen LogP contribution in [0.5, 0.6) is 0 Å². The second kappa shape index (κ2) is 5.20. The molecule has 2 heterocycles. The maximum atomic E-state index is 11.4. The molecule has 0 aliphatic rings. The summed E-state index contributed by atoms with van der Waals surface area (Å²) >= 11 is 0. The van der Waals surface area contributed by atoms with E-state index < -0.39 is 0 Å². The predicted octanol–water partition coefficient (Wildman–Crippen LogP) is 0.534. The molecule has 0 fully saturated rings. The van der Waals surface area contributed by atoms with Crippen molar-refractivity contribution in [2.45, 2.75) is 6.42 Å². The molecule has 0 amide bonds. The van der Waals surface area contributed by atoms with E-state index >= 15 is 0 Å². The van der Waals surface area contributed by atoms with Crippen LogP contribution in [0.4, 0.5) is 5.82 Å². The number of nitrogens with two attached hydrogens (primary N) is 1. The predicted molar refractivity (Wildman–Crippen MR) is 78.1 cm³/mol. The molecular formula is C14H14N6O. The summed E-state index contributed by atoms with van der Waals surface area (Å²) in [7, 11) is 1.64. The Labute approximate surface area is 120 Å². The highest BCUT2D eigenvalue weighted by Gasteiger charge is 2.08. The fraction of sp³-hybridized carbons (Fsp3) is 0.143. The van der Waals surface area contributed by atoms with Gasteiger partial charge in [-0.3, -0.25) is 0 Å². The zero-order chi connectivity index (χ0) is 14.8. The van der Waals surface area contributed by atoms with Gasteiger partial charge in [0.1, 0.15) is 5.82 Å². The quantitative estimate of drug-likeness (QED) is 0.756. The number of anilines is 1. The van der Waals surface area contributed by atoms with Crippen molar-refractivity contribution in [2.75, 3.05) is 5.73 Å². The minimum Gasteiger partial charge on any atom is -0.383 e. The van der Waals surface area contributed by atoms with Crippen LogP contribution in [-0.4, -0.2) is 24.5 Å². The smallest absolute Gasteiger partial charge is 0.349 e. The van der Waals surface area contributed by atoms with Crippen LogP contribution in [0.25, 0.3) is 5.69 Å².